The molecule has 8 nitrogen and oxygen atoms in total. The van der Waals surface area contributed by atoms with Gasteiger partial charge in [0.15, 0.2) is 6.61 Å². The quantitative estimate of drug-likeness (QED) is 0.382. The molecule has 1 aliphatic heterocycles. The summed E-state index contributed by atoms with van der Waals surface area (Å²) >= 11 is 1.31. The number of methoxy groups -OCH3 is 1. The van der Waals surface area contributed by atoms with Crippen molar-refractivity contribution in [1.82, 2.24) is 14.7 Å². The number of rotatable bonds is 9. The third kappa shape index (κ3) is 6.59. The lowest BCUT2D eigenvalue weighted by Gasteiger charge is -2.24. The molecular weight excluding hydrogens is 485 g/mol. The molecule has 0 bridgehead atoms. The van der Waals surface area contributed by atoms with Crippen LogP contribution < -0.4 is 24.2 Å². The highest BCUT2D eigenvalue weighted by Crippen LogP contribution is 2.39. The van der Waals surface area contributed by atoms with Gasteiger partial charge in [-0.1, -0.05) is 0 Å². The normalized spacial score (nSPS) is 14.7. The smallest absolute Gasteiger partial charge is 0.422 e. The van der Waals surface area contributed by atoms with Crippen LogP contribution in [0.3, 0.4) is 0 Å². The number of hydrogen-bond acceptors (Lipinski definition) is 9. The standard InChI is InChI=1S/C23H25F3N4O4S/c1-27-35-16-3-4-19(33-12-23(24,25)26)17(11-16)30-22-21-18(28-13-29-22)9-15(31-2)10-20(21)34-14-5-7-32-8-6-14/h3-4,9-11,13-14,27H,5-8,12H2,1-2H3,(H,28,29,30). The molecule has 0 amide bonds. The fraction of sp³-hybridized carbons (Fsp3) is 0.391. The number of nitrogens with zero attached hydrogens (tertiary/aromatic N) is 2. The van der Waals surface area contributed by atoms with Gasteiger partial charge in [-0.05, 0) is 37.2 Å². The molecule has 0 aliphatic carbocycles. The molecule has 1 aliphatic rings. The molecular formula is C23H25F3N4O4S. The summed E-state index contributed by atoms with van der Waals surface area (Å²) in [6.45, 7) is -0.214. The first-order valence-corrected chi connectivity index (χ1v) is 11.7. The number of hydrogen-bond donors (Lipinski definition) is 2. The Morgan fingerprint density at radius 3 is 2.63 bits per heavy atom. The summed E-state index contributed by atoms with van der Waals surface area (Å²) in [7, 11) is 3.30. The number of halogens is 3. The van der Waals surface area contributed by atoms with Crippen molar-refractivity contribution in [2.75, 3.05) is 39.3 Å². The molecule has 0 atom stereocenters. The van der Waals surface area contributed by atoms with Crippen LogP contribution in [0, 0.1) is 0 Å². The van der Waals surface area contributed by atoms with E-state index in [9.17, 15) is 13.2 Å². The monoisotopic (exact) mass is 510 g/mol. The molecule has 3 aromatic rings. The van der Waals surface area contributed by atoms with Crippen LogP contribution in [-0.4, -0.2) is 56.2 Å². The maximum absolute atomic E-state index is 12.8. The molecule has 2 N–H and O–H groups in total. The van der Waals surface area contributed by atoms with Gasteiger partial charge in [-0.25, -0.2) is 9.97 Å². The van der Waals surface area contributed by atoms with Crippen molar-refractivity contribution in [1.29, 1.82) is 0 Å². The van der Waals surface area contributed by atoms with E-state index in [0.29, 0.717) is 47.1 Å². The Bertz CT molecular complexity index is 1160. The van der Waals surface area contributed by atoms with Crippen molar-refractivity contribution >= 4 is 34.4 Å². The van der Waals surface area contributed by atoms with Crippen LogP contribution in [0.2, 0.25) is 0 Å². The predicted octanol–water partition coefficient (Wildman–Crippen LogP) is 5.11. The second-order valence-electron chi connectivity index (χ2n) is 7.66. The summed E-state index contributed by atoms with van der Waals surface area (Å²) in [4.78, 5) is 9.49. The van der Waals surface area contributed by atoms with E-state index in [1.54, 1.807) is 38.4 Å². The number of aromatic nitrogens is 2. The first kappa shape index (κ1) is 25.1. The first-order chi connectivity index (χ1) is 16.9. The Kier molecular flexibility index (Phi) is 8.04. The number of anilines is 2. The minimum absolute atomic E-state index is 0.0370. The Hall–Kier alpha value is -2.96. The molecule has 12 heteroatoms. The second-order valence-corrected chi connectivity index (χ2v) is 8.75. The zero-order valence-electron chi connectivity index (χ0n) is 19.1. The molecule has 35 heavy (non-hydrogen) atoms. The van der Waals surface area contributed by atoms with Gasteiger partial charge in [-0.15, -0.1) is 0 Å². The minimum atomic E-state index is -4.47. The Labute approximate surface area is 204 Å². The van der Waals surface area contributed by atoms with Gasteiger partial charge >= 0.3 is 6.18 Å². The van der Waals surface area contributed by atoms with E-state index in [-0.39, 0.29) is 11.9 Å². The average Bonchev–Trinajstić information content (AvgIpc) is 2.83. The number of fused-ring (bicyclic) bond motifs is 1. The fourth-order valence-corrected chi connectivity index (χ4v) is 4.16. The summed E-state index contributed by atoms with van der Waals surface area (Å²) in [5.41, 5.74) is 0.879. The van der Waals surface area contributed by atoms with E-state index >= 15 is 0 Å². The van der Waals surface area contributed by atoms with E-state index in [2.05, 4.69) is 20.0 Å². The fourth-order valence-electron chi connectivity index (χ4n) is 3.61. The number of alkyl halides is 3. The molecule has 1 fully saturated rings. The highest BCUT2D eigenvalue weighted by atomic mass is 32.2. The Morgan fingerprint density at radius 2 is 1.91 bits per heavy atom. The Morgan fingerprint density at radius 1 is 1.11 bits per heavy atom. The van der Waals surface area contributed by atoms with Gasteiger partial charge in [0, 0.05) is 29.9 Å². The van der Waals surface area contributed by atoms with Crippen molar-refractivity contribution in [3.05, 3.63) is 36.7 Å². The maximum atomic E-state index is 12.8. The zero-order chi connectivity index (χ0) is 24.8. The second kappa shape index (κ2) is 11.2. The number of nitrogens with one attached hydrogen (secondary N) is 2. The Balaban J connectivity index is 1.74. The molecule has 0 unspecified atom stereocenters. The molecule has 2 heterocycles. The molecule has 0 spiro atoms. The first-order valence-electron chi connectivity index (χ1n) is 10.9. The van der Waals surface area contributed by atoms with Crippen molar-refractivity contribution in [3.63, 3.8) is 0 Å². The van der Waals surface area contributed by atoms with E-state index < -0.39 is 12.8 Å². The van der Waals surface area contributed by atoms with Gasteiger partial charge in [0.2, 0.25) is 0 Å². The topological polar surface area (TPSA) is 86.8 Å². The van der Waals surface area contributed by atoms with Crippen molar-refractivity contribution < 1.29 is 32.1 Å². The third-order valence-electron chi connectivity index (χ3n) is 5.19. The van der Waals surface area contributed by atoms with Gasteiger partial charge in [0.25, 0.3) is 0 Å². The van der Waals surface area contributed by atoms with Crippen molar-refractivity contribution in [2.45, 2.75) is 30.0 Å². The lowest BCUT2D eigenvalue weighted by atomic mass is 10.1. The molecule has 0 radical (unpaired) electrons. The average molecular weight is 511 g/mol. The van der Waals surface area contributed by atoms with Crippen LogP contribution in [0.5, 0.6) is 17.2 Å². The highest BCUT2D eigenvalue weighted by molar-refractivity contribution is 7.97. The molecule has 0 saturated carbocycles. The summed E-state index contributed by atoms with van der Waals surface area (Å²) in [6.07, 6.45) is -1.71. The van der Waals surface area contributed by atoms with Crippen LogP contribution in [0.1, 0.15) is 12.8 Å². The van der Waals surface area contributed by atoms with Crippen LogP contribution in [0.15, 0.2) is 41.6 Å². The third-order valence-corrected chi connectivity index (χ3v) is 5.88. The van der Waals surface area contributed by atoms with Crippen molar-refractivity contribution in [3.8, 4) is 17.2 Å². The van der Waals surface area contributed by atoms with E-state index in [4.69, 9.17) is 18.9 Å². The maximum Gasteiger partial charge on any atom is 0.422 e. The van der Waals surface area contributed by atoms with Crippen LogP contribution >= 0.6 is 11.9 Å². The van der Waals surface area contributed by atoms with Crippen molar-refractivity contribution in [2.24, 2.45) is 0 Å². The minimum Gasteiger partial charge on any atom is -0.497 e. The summed E-state index contributed by atoms with van der Waals surface area (Å²) < 4.78 is 63.7. The molecule has 1 saturated heterocycles. The molecule has 188 valence electrons. The molecule has 1 aromatic heterocycles. The van der Waals surface area contributed by atoms with Crippen LogP contribution in [0.4, 0.5) is 24.7 Å². The lowest BCUT2D eigenvalue weighted by Crippen LogP contribution is -2.26. The van der Waals surface area contributed by atoms with E-state index in [1.807, 2.05) is 0 Å². The van der Waals surface area contributed by atoms with Gasteiger partial charge in [-0.3, -0.25) is 4.72 Å². The van der Waals surface area contributed by atoms with Gasteiger partial charge in [0.05, 0.1) is 36.9 Å². The van der Waals surface area contributed by atoms with Crippen LogP contribution in [-0.2, 0) is 4.74 Å². The van der Waals surface area contributed by atoms with Gasteiger partial charge in [0.1, 0.15) is 35.5 Å². The highest BCUT2D eigenvalue weighted by Gasteiger charge is 2.29. The zero-order valence-corrected chi connectivity index (χ0v) is 20.0. The van der Waals surface area contributed by atoms with Gasteiger partial charge in [-0.2, -0.15) is 13.2 Å². The number of ether oxygens (including phenoxy) is 4. The molecule has 2 aromatic carbocycles. The SMILES string of the molecule is CNSc1ccc(OCC(F)(F)F)c(Nc2ncnc3cc(OC)cc(OC4CCOCC4)c23)c1. The number of benzene rings is 2. The lowest BCUT2D eigenvalue weighted by molar-refractivity contribution is -0.153. The predicted molar refractivity (Wildman–Crippen MR) is 127 cm³/mol. The summed E-state index contributed by atoms with van der Waals surface area (Å²) in [5.74, 6) is 1.47. The summed E-state index contributed by atoms with van der Waals surface area (Å²) in [5, 5.41) is 3.71. The van der Waals surface area contributed by atoms with Gasteiger partial charge < -0.3 is 24.3 Å². The van der Waals surface area contributed by atoms with Crippen LogP contribution in [0.25, 0.3) is 10.9 Å². The van der Waals surface area contributed by atoms with E-state index in [1.165, 1.54) is 24.3 Å². The summed E-state index contributed by atoms with van der Waals surface area (Å²) in [6, 6.07) is 8.33. The largest absolute Gasteiger partial charge is 0.497 e. The molecule has 4 rings (SSSR count). The van der Waals surface area contributed by atoms with E-state index in [0.717, 1.165) is 17.7 Å².